The van der Waals surface area contributed by atoms with Crippen molar-refractivity contribution in [3.63, 3.8) is 0 Å². The van der Waals surface area contributed by atoms with Crippen LogP contribution in [0, 0.1) is 5.41 Å². The van der Waals surface area contributed by atoms with Gasteiger partial charge in [-0.25, -0.2) is 0 Å². The van der Waals surface area contributed by atoms with Crippen LogP contribution in [0.2, 0.25) is 5.02 Å². The molecule has 1 saturated heterocycles. The first-order valence-corrected chi connectivity index (χ1v) is 10.1. The number of aliphatic hydroxyl groups is 1. The second-order valence-electron chi connectivity index (χ2n) is 8.68. The molecule has 4 atom stereocenters. The third-order valence-corrected chi connectivity index (χ3v) is 5.31. The lowest BCUT2D eigenvalue weighted by molar-refractivity contribution is -0.144. The largest absolute Gasteiger partial charge is 0.391 e. The molecule has 160 valence electrons. The Labute approximate surface area is 176 Å². The number of hydrogen-bond donors (Lipinski definition) is 3. The fourth-order valence-corrected chi connectivity index (χ4v) is 3.59. The van der Waals surface area contributed by atoms with Gasteiger partial charge in [-0.1, -0.05) is 44.5 Å². The Morgan fingerprint density at radius 3 is 2.28 bits per heavy atom. The van der Waals surface area contributed by atoms with Crippen molar-refractivity contribution in [1.29, 1.82) is 0 Å². The molecule has 0 saturated carbocycles. The number of β-amino-alcohol motifs (C(OH)–C–C–N with tert-alkyl or cyclic N) is 1. The monoisotopic (exact) mass is 423 g/mol. The maximum absolute atomic E-state index is 13.2. The van der Waals surface area contributed by atoms with E-state index in [1.165, 1.54) is 11.8 Å². The van der Waals surface area contributed by atoms with Gasteiger partial charge in [-0.05, 0) is 30.0 Å². The number of amides is 3. The van der Waals surface area contributed by atoms with Crippen LogP contribution in [-0.2, 0) is 14.4 Å². The van der Waals surface area contributed by atoms with E-state index in [4.69, 9.17) is 11.6 Å². The van der Waals surface area contributed by atoms with Gasteiger partial charge in [-0.2, -0.15) is 0 Å². The van der Waals surface area contributed by atoms with Gasteiger partial charge < -0.3 is 20.6 Å². The molecule has 0 spiro atoms. The molecule has 1 aromatic rings. The minimum Gasteiger partial charge on any atom is -0.391 e. The summed E-state index contributed by atoms with van der Waals surface area (Å²) in [6, 6.07) is 5.26. The zero-order valence-corrected chi connectivity index (χ0v) is 18.3. The summed E-state index contributed by atoms with van der Waals surface area (Å²) in [7, 11) is 0. The third-order valence-electron chi connectivity index (χ3n) is 5.05. The van der Waals surface area contributed by atoms with Gasteiger partial charge >= 0.3 is 0 Å². The van der Waals surface area contributed by atoms with Crippen molar-refractivity contribution in [2.75, 3.05) is 6.54 Å². The molecule has 3 amide bonds. The minimum atomic E-state index is -0.800. The van der Waals surface area contributed by atoms with E-state index in [1.807, 2.05) is 39.8 Å². The molecule has 8 heteroatoms. The van der Waals surface area contributed by atoms with Crippen LogP contribution in [-0.4, -0.2) is 52.5 Å². The highest BCUT2D eigenvalue weighted by Gasteiger charge is 2.44. The average Bonchev–Trinajstić information content (AvgIpc) is 3.00. The van der Waals surface area contributed by atoms with Crippen LogP contribution in [0.3, 0.4) is 0 Å². The van der Waals surface area contributed by atoms with Crippen molar-refractivity contribution in [2.24, 2.45) is 5.41 Å². The summed E-state index contributed by atoms with van der Waals surface area (Å²) in [5, 5.41) is 16.3. The molecule has 1 aliphatic rings. The van der Waals surface area contributed by atoms with Crippen molar-refractivity contribution in [1.82, 2.24) is 15.5 Å². The number of carbonyl (C=O) groups excluding carboxylic acids is 3. The number of aliphatic hydroxyl groups excluding tert-OH is 1. The van der Waals surface area contributed by atoms with Crippen LogP contribution < -0.4 is 10.6 Å². The zero-order valence-electron chi connectivity index (χ0n) is 17.5. The number of hydrogen-bond acceptors (Lipinski definition) is 4. The molecule has 1 aromatic carbocycles. The summed E-state index contributed by atoms with van der Waals surface area (Å²) < 4.78 is 0. The van der Waals surface area contributed by atoms with Gasteiger partial charge in [0.25, 0.3) is 0 Å². The minimum absolute atomic E-state index is 0.0540. The van der Waals surface area contributed by atoms with Gasteiger partial charge in [0, 0.05) is 24.9 Å². The SMILES string of the molecule is CC(=O)NC(C(=O)N1CC(O)CC1C(=O)N[C@@H](C)c1ccc(Cl)cc1)C(C)(C)C. The summed E-state index contributed by atoms with van der Waals surface area (Å²) in [4.78, 5) is 39.1. The fourth-order valence-electron chi connectivity index (χ4n) is 3.47. The Balaban J connectivity index is 2.17. The van der Waals surface area contributed by atoms with Gasteiger partial charge in [0.2, 0.25) is 17.7 Å². The molecule has 29 heavy (non-hydrogen) atoms. The Morgan fingerprint density at radius 1 is 1.17 bits per heavy atom. The van der Waals surface area contributed by atoms with Gasteiger partial charge in [0.05, 0.1) is 12.1 Å². The van der Waals surface area contributed by atoms with Crippen LogP contribution in [0.25, 0.3) is 0 Å². The molecular weight excluding hydrogens is 394 g/mol. The third kappa shape index (κ3) is 5.93. The molecule has 1 heterocycles. The van der Waals surface area contributed by atoms with Crippen LogP contribution >= 0.6 is 11.6 Å². The van der Waals surface area contributed by atoms with Crippen LogP contribution in [0.4, 0.5) is 0 Å². The van der Waals surface area contributed by atoms with E-state index in [0.717, 1.165) is 5.56 Å². The summed E-state index contributed by atoms with van der Waals surface area (Å²) in [6.07, 6.45) is -0.638. The van der Waals surface area contributed by atoms with E-state index in [1.54, 1.807) is 12.1 Å². The molecule has 2 rings (SSSR count). The molecular formula is C21H30ClN3O4. The van der Waals surface area contributed by atoms with Crippen LogP contribution in [0.1, 0.15) is 52.6 Å². The van der Waals surface area contributed by atoms with E-state index >= 15 is 0 Å². The number of halogens is 1. The fraction of sp³-hybridized carbons (Fsp3) is 0.571. The Bertz CT molecular complexity index is 760. The van der Waals surface area contributed by atoms with Gasteiger partial charge in [-0.15, -0.1) is 0 Å². The smallest absolute Gasteiger partial charge is 0.246 e. The Morgan fingerprint density at radius 2 is 1.76 bits per heavy atom. The number of benzene rings is 1. The zero-order chi connectivity index (χ0) is 21.9. The van der Waals surface area contributed by atoms with Gasteiger partial charge in [0.1, 0.15) is 12.1 Å². The highest BCUT2D eigenvalue weighted by molar-refractivity contribution is 6.30. The molecule has 0 radical (unpaired) electrons. The number of likely N-dealkylation sites (tertiary alicyclic amines) is 1. The second kappa shape index (κ2) is 9.13. The second-order valence-corrected chi connectivity index (χ2v) is 9.11. The molecule has 3 unspecified atom stereocenters. The van der Waals surface area contributed by atoms with Crippen LogP contribution in [0.15, 0.2) is 24.3 Å². The van der Waals surface area contributed by atoms with Crippen molar-refractivity contribution >= 4 is 29.3 Å². The Kier molecular flexibility index (Phi) is 7.30. The normalized spacial score (nSPS) is 21.4. The molecule has 1 aliphatic heterocycles. The van der Waals surface area contributed by atoms with E-state index in [2.05, 4.69) is 10.6 Å². The van der Waals surface area contributed by atoms with E-state index in [-0.39, 0.29) is 36.7 Å². The molecule has 7 nitrogen and oxygen atoms in total. The first-order chi connectivity index (χ1) is 13.4. The lowest BCUT2D eigenvalue weighted by Crippen LogP contribution is -2.57. The topological polar surface area (TPSA) is 98.7 Å². The summed E-state index contributed by atoms with van der Waals surface area (Å²) in [5.74, 6) is -1.04. The molecule has 3 N–H and O–H groups in total. The van der Waals surface area contributed by atoms with Crippen molar-refractivity contribution < 1.29 is 19.5 Å². The number of rotatable bonds is 5. The number of nitrogens with one attached hydrogen (secondary N) is 2. The Hall–Kier alpha value is -2.12. The standard InChI is InChI=1S/C21H30ClN3O4/c1-12(14-6-8-15(22)9-7-14)23-19(28)17-10-16(27)11-25(17)20(29)18(21(3,4)5)24-13(2)26/h6-9,12,16-18,27H,10-11H2,1-5H3,(H,23,28)(H,24,26)/t12-,16?,17?,18?/m0/s1. The first kappa shape index (κ1) is 23.2. The van der Waals surface area contributed by atoms with Crippen molar-refractivity contribution in [3.8, 4) is 0 Å². The lowest BCUT2D eigenvalue weighted by atomic mass is 9.85. The number of nitrogens with zero attached hydrogens (tertiary/aromatic N) is 1. The predicted molar refractivity (Wildman–Crippen MR) is 111 cm³/mol. The summed E-state index contributed by atoms with van der Waals surface area (Å²) in [5.41, 5.74) is 0.332. The average molecular weight is 424 g/mol. The maximum atomic E-state index is 13.2. The highest BCUT2D eigenvalue weighted by Crippen LogP contribution is 2.27. The van der Waals surface area contributed by atoms with Gasteiger partial charge in [0.15, 0.2) is 0 Å². The summed E-state index contributed by atoms with van der Waals surface area (Å²) >= 11 is 5.91. The van der Waals surface area contributed by atoms with E-state index in [0.29, 0.717) is 5.02 Å². The molecule has 0 bridgehead atoms. The van der Waals surface area contributed by atoms with E-state index < -0.39 is 23.6 Å². The number of carbonyl (C=O) groups is 3. The first-order valence-electron chi connectivity index (χ1n) is 9.71. The maximum Gasteiger partial charge on any atom is 0.246 e. The van der Waals surface area contributed by atoms with Gasteiger partial charge in [-0.3, -0.25) is 14.4 Å². The van der Waals surface area contributed by atoms with Crippen molar-refractivity contribution in [3.05, 3.63) is 34.9 Å². The van der Waals surface area contributed by atoms with Crippen molar-refractivity contribution in [2.45, 2.75) is 65.3 Å². The molecule has 0 aromatic heterocycles. The summed E-state index contributed by atoms with van der Waals surface area (Å²) in [6.45, 7) is 8.77. The molecule has 1 fully saturated rings. The quantitative estimate of drug-likeness (QED) is 0.674. The predicted octanol–water partition coefficient (Wildman–Crippen LogP) is 2.03. The lowest BCUT2D eigenvalue weighted by Gasteiger charge is -2.35. The van der Waals surface area contributed by atoms with E-state index in [9.17, 15) is 19.5 Å². The van der Waals surface area contributed by atoms with Crippen LogP contribution in [0.5, 0.6) is 0 Å². The highest BCUT2D eigenvalue weighted by atomic mass is 35.5. The molecule has 0 aliphatic carbocycles.